The number of carbonyl (C=O) groups excluding carboxylic acids is 1. The molecular weight excluding hydrogens is 422 g/mol. The number of nitrogens with zero attached hydrogens (tertiary/aromatic N) is 1. The Morgan fingerprint density at radius 1 is 0.875 bits per heavy atom. The van der Waals surface area contributed by atoms with E-state index in [9.17, 15) is 13.2 Å². The minimum Gasteiger partial charge on any atom is -0.385 e. The fourth-order valence-electron chi connectivity index (χ4n) is 3.80. The number of carbonyl (C=O) groups is 1. The molecule has 3 aromatic rings. The average molecular weight is 450 g/mol. The number of amides is 1. The molecule has 0 radical (unpaired) electrons. The molecule has 2 N–H and O–H groups in total. The number of rotatable bonds is 8. The summed E-state index contributed by atoms with van der Waals surface area (Å²) in [6.45, 7) is 2.02. The van der Waals surface area contributed by atoms with E-state index in [1.165, 1.54) is 15.9 Å². The molecule has 7 heteroatoms. The van der Waals surface area contributed by atoms with Crippen LogP contribution in [0.3, 0.4) is 0 Å². The monoisotopic (exact) mass is 449 g/mol. The van der Waals surface area contributed by atoms with Crippen molar-refractivity contribution >= 4 is 21.6 Å². The zero-order chi connectivity index (χ0) is 22.4. The van der Waals surface area contributed by atoms with Crippen molar-refractivity contribution in [3.05, 3.63) is 95.6 Å². The third-order valence-corrected chi connectivity index (χ3v) is 7.41. The van der Waals surface area contributed by atoms with Crippen LogP contribution in [0, 0.1) is 0 Å². The lowest BCUT2D eigenvalue weighted by Gasteiger charge is -2.28. The second-order valence-corrected chi connectivity index (χ2v) is 9.73. The van der Waals surface area contributed by atoms with Gasteiger partial charge in [-0.15, -0.1) is 0 Å². The molecule has 1 amide bonds. The molecule has 166 valence electrons. The third kappa shape index (κ3) is 5.18. The van der Waals surface area contributed by atoms with Crippen molar-refractivity contribution in [1.29, 1.82) is 0 Å². The number of hydrogen-bond acceptors (Lipinski definition) is 4. The summed E-state index contributed by atoms with van der Waals surface area (Å²) in [5, 5.41) is 6.16. The highest BCUT2D eigenvalue weighted by Crippen LogP contribution is 2.25. The highest BCUT2D eigenvalue weighted by Gasteiger charge is 2.28. The first-order valence-corrected chi connectivity index (χ1v) is 12.2. The zero-order valence-electron chi connectivity index (χ0n) is 17.8. The Kier molecular flexibility index (Phi) is 6.87. The first-order valence-electron chi connectivity index (χ1n) is 10.8. The lowest BCUT2D eigenvalue weighted by molar-refractivity contribution is 0.0953. The largest absolute Gasteiger partial charge is 0.385 e. The SMILES string of the molecule is O=C(NCCCNc1ccccc1)c1cccc(S(=O)(=O)N2CCc3ccccc3C2)c1. The molecule has 0 atom stereocenters. The number of benzene rings is 3. The van der Waals surface area contributed by atoms with Gasteiger partial charge in [0.2, 0.25) is 10.0 Å². The fraction of sp³-hybridized carbons (Fsp3) is 0.240. The lowest BCUT2D eigenvalue weighted by atomic mass is 10.0. The van der Waals surface area contributed by atoms with Crippen LogP contribution in [-0.2, 0) is 23.0 Å². The van der Waals surface area contributed by atoms with E-state index in [4.69, 9.17) is 0 Å². The molecule has 4 rings (SSSR count). The van der Waals surface area contributed by atoms with E-state index >= 15 is 0 Å². The van der Waals surface area contributed by atoms with E-state index in [-0.39, 0.29) is 10.8 Å². The molecule has 0 aliphatic carbocycles. The number of sulfonamides is 1. The van der Waals surface area contributed by atoms with Gasteiger partial charge in [-0.05, 0) is 54.3 Å². The fourth-order valence-corrected chi connectivity index (χ4v) is 5.27. The minimum absolute atomic E-state index is 0.148. The molecule has 0 saturated heterocycles. The Labute approximate surface area is 189 Å². The smallest absolute Gasteiger partial charge is 0.251 e. The van der Waals surface area contributed by atoms with Crippen LogP contribution in [0.2, 0.25) is 0 Å². The number of hydrogen-bond donors (Lipinski definition) is 2. The zero-order valence-corrected chi connectivity index (χ0v) is 18.6. The van der Waals surface area contributed by atoms with Gasteiger partial charge in [0.15, 0.2) is 0 Å². The van der Waals surface area contributed by atoms with Crippen molar-refractivity contribution < 1.29 is 13.2 Å². The van der Waals surface area contributed by atoms with Gasteiger partial charge >= 0.3 is 0 Å². The van der Waals surface area contributed by atoms with Crippen molar-refractivity contribution in [2.24, 2.45) is 0 Å². The average Bonchev–Trinajstić information content (AvgIpc) is 2.84. The molecule has 1 heterocycles. The van der Waals surface area contributed by atoms with Crippen molar-refractivity contribution in [2.45, 2.75) is 24.3 Å². The Hall–Kier alpha value is -3.16. The van der Waals surface area contributed by atoms with Crippen LogP contribution in [-0.4, -0.2) is 38.3 Å². The van der Waals surface area contributed by atoms with Crippen molar-refractivity contribution in [2.75, 3.05) is 25.0 Å². The van der Waals surface area contributed by atoms with Crippen LogP contribution in [0.4, 0.5) is 5.69 Å². The maximum atomic E-state index is 13.2. The van der Waals surface area contributed by atoms with E-state index in [2.05, 4.69) is 10.6 Å². The summed E-state index contributed by atoms with van der Waals surface area (Å²) in [7, 11) is -3.68. The van der Waals surface area contributed by atoms with E-state index < -0.39 is 10.0 Å². The van der Waals surface area contributed by atoms with Gasteiger partial charge < -0.3 is 10.6 Å². The van der Waals surface area contributed by atoms with E-state index in [0.29, 0.717) is 31.6 Å². The molecule has 1 aliphatic rings. The highest BCUT2D eigenvalue weighted by atomic mass is 32.2. The first-order chi connectivity index (χ1) is 15.5. The number of fused-ring (bicyclic) bond motifs is 1. The van der Waals surface area contributed by atoms with E-state index in [1.807, 2.05) is 54.6 Å². The molecule has 32 heavy (non-hydrogen) atoms. The lowest BCUT2D eigenvalue weighted by Crippen LogP contribution is -2.36. The number of para-hydroxylation sites is 1. The summed E-state index contributed by atoms with van der Waals surface area (Å²) in [6.07, 6.45) is 1.44. The quantitative estimate of drug-likeness (QED) is 0.515. The highest BCUT2D eigenvalue weighted by molar-refractivity contribution is 7.89. The van der Waals surface area contributed by atoms with Crippen molar-refractivity contribution in [1.82, 2.24) is 9.62 Å². The summed E-state index contributed by atoms with van der Waals surface area (Å²) >= 11 is 0. The molecule has 6 nitrogen and oxygen atoms in total. The third-order valence-electron chi connectivity index (χ3n) is 5.57. The summed E-state index contributed by atoms with van der Waals surface area (Å²) in [5.41, 5.74) is 3.60. The molecule has 0 bridgehead atoms. The summed E-state index contributed by atoms with van der Waals surface area (Å²) in [5.74, 6) is -0.272. The van der Waals surface area contributed by atoms with Gasteiger partial charge in [-0.1, -0.05) is 48.5 Å². The Morgan fingerprint density at radius 3 is 2.44 bits per heavy atom. The van der Waals surface area contributed by atoms with Crippen LogP contribution in [0.25, 0.3) is 0 Å². The predicted molar refractivity (Wildman–Crippen MR) is 126 cm³/mol. The van der Waals surface area contributed by atoms with Crippen LogP contribution >= 0.6 is 0 Å². The van der Waals surface area contributed by atoms with Gasteiger partial charge in [0.1, 0.15) is 0 Å². The van der Waals surface area contributed by atoms with Gasteiger partial charge in [0.05, 0.1) is 4.90 Å². The molecule has 0 spiro atoms. The maximum Gasteiger partial charge on any atom is 0.251 e. The van der Waals surface area contributed by atoms with Crippen LogP contribution in [0.5, 0.6) is 0 Å². The molecule has 3 aromatic carbocycles. The van der Waals surface area contributed by atoms with E-state index in [1.54, 1.807) is 18.2 Å². The van der Waals surface area contributed by atoms with Gasteiger partial charge in [0.25, 0.3) is 5.91 Å². The maximum absolute atomic E-state index is 13.2. The minimum atomic E-state index is -3.68. The second kappa shape index (κ2) is 9.97. The van der Waals surface area contributed by atoms with Gasteiger partial charge in [-0.2, -0.15) is 4.31 Å². The van der Waals surface area contributed by atoms with Gasteiger partial charge in [-0.3, -0.25) is 4.79 Å². The Morgan fingerprint density at radius 2 is 1.62 bits per heavy atom. The summed E-state index contributed by atoms with van der Waals surface area (Å²) in [6, 6.07) is 24.1. The van der Waals surface area contributed by atoms with Crippen LogP contribution < -0.4 is 10.6 Å². The molecule has 0 unspecified atom stereocenters. The van der Waals surface area contributed by atoms with Crippen LogP contribution in [0.15, 0.2) is 83.8 Å². The Balaban J connectivity index is 1.34. The standard InChI is InChI=1S/C25H27N3O3S/c29-25(27-16-7-15-26-23-11-2-1-3-12-23)21-10-6-13-24(18-21)32(30,31)28-17-14-20-8-4-5-9-22(20)19-28/h1-6,8-13,18,26H,7,14-17,19H2,(H,27,29). The molecule has 0 fully saturated rings. The van der Waals surface area contributed by atoms with Crippen molar-refractivity contribution in [3.8, 4) is 0 Å². The predicted octanol–water partition coefficient (Wildman–Crippen LogP) is 3.67. The van der Waals surface area contributed by atoms with Crippen LogP contribution in [0.1, 0.15) is 27.9 Å². The molecule has 0 saturated carbocycles. The summed E-state index contributed by atoms with van der Waals surface area (Å²) < 4.78 is 27.9. The van der Waals surface area contributed by atoms with Crippen molar-refractivity contribution in [3.63, 3.8) is 0 Å². The molecular formula is C25H27N3O3S. The molecule has 0 aromatic heterocycles. The first kappa shape index (κ1) is 22.0. The summed E-state index contributed by atoms with van der Waals surface area (Å²) in [4.78, 5) is 12.7. The normalized spacial score (nSPS) is 13.9. The second-order valence-electron chi connectivity index (χ2n) is 7.79. The molecule has 1 aliphatic heterocycles. The van der Waals surface area contributed by atoms with Gasteiger partial charge in [0, 0.05) is 37.4 Å². The number of anilines is 1. The number of nitrogens with one attached hydrogen (secondary N) is 2. The van der Waals surface area contributed by atoms with E-state index in [0.717, 1.165) is 24.2 Å². The van der Waals surface area contributed by atoms with Gasteiger partial charge in [-0.25, -0.2) is 8.42 Å². The topological polar surface area (TPSA) is 78.5 Å². The Bertz CT molecular complexity index is 1180.